The molecule has 0 atom stereocenters. The minimum atomic E-state index is 0.519. The monoisotopic (exact) mass is 384 g/mol. The summed E-state index contributed by atoms with van der Waals surface area (Å²) in [5.41, 5.74) is 3.72. The van der Waals surface area contributed by atoms with E-state index in [0.29, 0.717) is 11.8 Å². The third kappa shape index (κ3) is 3.35. The van der Waals surface area contributed by atoms with Crippen LogP contribution in [-0.2, 0) is 0 Å². The summed E-state index contributed by atoms with van der Waals surface area (Å²) in [5.74, 6) is 1.21. The molecule has 0 fully saturated rings. The van der Waals surface area contributed by atoms with Crippen LogP contribution in [0.2, 0.25) is 0 Å². The van der Waals surface area contributed by atoms with Gasteiger partial charge in [-0.2, -0.15) is 4.98 Å². The molecule has 0 aliphatic carbocycles. The van der Waals surface area contributed by atoms with Gasteiger partial charge < -0.3 is 10.6 Å². The van der Waals surface area contributed by atoms with Crippen LogP contribution in [0, 0.1) is 6.92 Å². The summed E-state index contributed by atoms with van der Waals surface area (Å²) in [4.78, 5) is 17.9. The van der Waals surface area contributed by atoms with Crippen LogP contribution in [-0.4, -0.2) is 19.9 Å². The second kappa shape index (κ2) is 6.86. The van der Waals surface area contributed by atoms with Gasteiger partial charge in [0.25, 0.3) is 0 Å². The molecule has 0 unspecified atom stereocenters. The van der Waals surface area contributed by atoms with Crippen molar-refractivity contribution in [3.05, 3.63) is 72.0 Å². The molecule has 3 aromatic heterocycles. The van der Waals surface area contributed by atoms with Gasteiger partial charge in [-0.1, -0.05) is 18.2 Å². The summed E-state index contributed by atoms with van der Waals surface area (Å²) in [5, 5.41) is 8.67. The van der Waals surface area contributed by atoms with Crippen molar-refractivity contribution in [1.29, 1.82) is 0 Å². The quantitative estimate of drug-likeness (QED) is 0.430. The fourth-order valence-corrected chi connectivity index (χ4v) is 3.83. The van der Waals surface area contributed by atoms with Crippen molar-refractivity contribution in [2.45, 2.75) is 6.92 Å². The lowest BCUT2D eigenvalue weighted by Crippen LogP contribution is -2.00. The normalized spacial score (nSPS) is 11.0. The molecule has 0 saturated heterocycles. The Morgan fingerprint density at radius 1 is 0.821 bits per heavy atom. The molecule has 136 valence electrons. The average Bonchev–Trinajstić information content (AvgIpc) is 3.07. The van der Waals surface area contributed by atoms with Crippen LogP contribution in [0.4, 0.5) is 23.1 Å². The maximum Gasteiger partial charge on any atom is 0.229 e. The molecule has 7 heteroatoms. The Morgan fingerprint density at radius 3 is 2.71 bits per heavy atom. The van der Waals surface area contributed by atoms with E-state index < -0.39 is 0 Å². The summed E-state index contributed by atoms with van der Waals surface area (Å²) in [6.45, 7) is 2.01. The van der Waals surface area contributed by atoms with E-state index in [0.717, 1.165) is 32.8 Å². The lowest BCUT2D eigenvalue weighted by Gasteiger charge is -2.09. The molecule has 5 rings (SSSR count). The van der Waals surface area contributed by atoms with Gasteiger partial charge in [0.05, 0.1) is 32.6 Å². The van der Waals surface area contributed by atoms with Crippen LogP contribution < -0.4 is 10.6 Å². The van der Waals surface area contributed by atoms with Gasteiger partial charge in [0.15, 0.2) is 0 Å². The molecule has 5 aromatic rings. The highest BCUT2D eigenvalue weighted by Gasteiger charge is 2.05. The molecule has 2 N–H and O–H groups in total. The van der Waals surface area contributed by atoms with Gasteiger partial charge in [0.1, 0.15) is 5.82 Å². The van der Waals surface area contributed by atoms with E-state index in [2.05, 4.69) is 42.7 Å². The van der Waals surface area contributed by atoms with Crippen LogP contribution in [0.25, 0.3) is 21.1 Å². The van der Waals surface area contributed by atoms with Crippen LogP contribution in [0.1, 0.15) is 5.01 Å². The Kier molecular flexibility index (Phi) is 4.06. The zero-order valence-corrected chi connectivity index (χ0v) is 15.9. The molecule has 0 saturated carbocycles. The number of hydrogen-bond donors (Lipinski definition) is 2. The number of nitrogens with one attached hydrogen (secondary N) is 2. The number of thiazole rings is 1. The van der Waals surface area contributed by atoms with Crippen molar-refractivity contribution in [3.63, 3.8) is 0 Å². The molecular weight excluding hydrogens is 368 g/mol. The van der Waals surface area contributed by atoms with Gasteiger partial charge in [0.2, 0.25) is 5.95 Å². The number of anilines is 4. The number of rotatable bonds is 4. The predicted octanol–water partition coefficient (Wildman–Crippen LogP) is 5.43. The molecule has 0 radical (unpaired) electrons. The highest BCUT2D eigenvalue weighted by Crippen LogP contribution is 2.26. The van der Waals surface area contributed by atoms with E-state index in [-0.39, 0.29) is 0 Å². The number of pyridine rings is 1. The summed E-state index contributed by atoms with van der Waals surface area (Å²) in [7, 11) is 0. The van der Waals surface area contributed by atoms with Crippen molar-refractivity contribution in [3.8, 4) is 0 Å². The average molecular weight is 384 g/mol. The van der Waals surface area contributed by atoms with Crippen LogP contribution in [0.15, 0.2) is 67.0 Å². The third-order valence-electron chi connectivity index (χ3n) is 4.27. The number of fused-ring (bicyclic) bond motifs is 2. The first-order chi connectivity index (χ1) is 13.7. The molecule has 3 heterocycles. The van der Waals surface area contributed by atoms with Gasteiger partial charge in [-0.3, -0.25) is 4.98 Å². The fraction of sp³-hybridized carbons (Fsp3) is 0.0476. The fourth-order valence-electron chi connectivity index (χ4n) is 3.03. The Morgan fingerprint density at radius 2 is 1.75 bits per heavy atom. The largest absolute Gasteiger partial charge is 0.339 e. The smallest absolute Gasteiger partial charge is 0.229 e. The van der Waals surface area contributed by atoms with E-state index in [1.54, 1.807) is 23.7 Å². The minimum absolute atomic E-state index is 0.519. The summed E-state index contributed by atoms with van der Waals surface area (Å²) >= 11 is 1.69. The molecular formula is C21H16N6S. The van der Waals surface area contributed by atoms with E-state index >= 15 is 0 Å². The highest BCUT2D eigenvalue weighted by atomic mass is 32.1. The van der Waals surface area contributed by atoms with E-state index in [1.165, 1.54) is 4.70 Å². The van der Waals surface area contributed by atoms with Gasteiger partial charge in [-0.05, 0) is 43.3 Å². The van der Waals surface area contributed by atoms with E-state index in [4.69, 9.17) is 0 Å². The summed E-state index contributed by atoms with van der Waals surface area (Å²) in [6, 6.07) is 18.0. The standard InChI is InChI=1S/C21H16N6S/c1-13-24-18-11-15(6-7-19(18)28-13)26-21-22-9-8-20(27-21)25-16-10-14-4-2-3-5-17(14)23-12-16/h2-12H,1H3,(H2,22,25,26,27). The maximum absolute atomic E-state index is 4.55. The summed E-state index contributed by atoms with van der Waals surface area (Å²) < 4.78 is 1.17. The zero-order chi connectivity index (χ0) is 18.9. The van der Waals surface area contributed by atoms with E-state index in [1.807, 2.05) is 49.4 Å². The third-order valence-corrected chi connectivity index (χ3v) is 5.22. The van der Waals surface area contributed by atoms with Crippen molar-refractivity contribution >= 4 is 55.6 Å². The maximum atomic E-state index is 4.55. The number of nitrogens with zero attached hydrogens (tertiary/aromatic N) is 4. The van der Waals surface area contributed by atoms with Gasteiger partial charge >= 0.3 is 0 Å². The first kappa shape index (κ1) is 16.6. The number of para-hydroxylation sites is 1. The Bertz CT molecular complexity index is 1300. The predicted molar refractivity (Wildman–Crippen MR) is 115 cm³/mol. The molecule has 0 amide bonds. The SMILES string of the molecule is Cc1nc2cc(Nc3nccc(Nc4cnc5ccccc5c4)n3)ccc2s1. The summed E-state index contributed by atoms with van der Waals surface area (Å²) in [6.07, 6.45) is 3.52. The first-order valence-electron chi connectivity index (χ1n) is 8.82. The second-order valence-corrected chi connectivity index (χ2v) is 7.58. The van der Waals surface area contributed by atoms with Crippen molar-refractivity contribution < 1.29 is 0 Å². The molecule has 0 aliphatic heterocycles. The molecule has 28 heavy (non-hydrogen) atoms. The van der Waals surface area contributed by atoms with Gasteiger partial charge in [-0.15, -0.1) is 11.3 Å². The molecule has 0 aliphatic rings. The number of benzene rings is 2. The lowest BCUT2D eigenvalue weighted by molar-refractivity contribution is 1.16. The van der Waals surface area contributed by atoms with Crippen LogP contribution in [0.3, 0.4) is 0 Å². The Labute approximate surface area is 165 Å². The van der Waals surface area contributed by atoms with Crippen LogP contribution in [0.5, 0.6) is 0 Å². The number of aromatic nitrogens is 4. The Hall–Kier alpha value is -3.58. The lowest BCUT2D eigenvalue weighted by atomic mass is 10.2. The number of hydrogen-bond acceptors (Lipinski definition) is 7. The van der Waals surface area contributed by atoms with Gasteiger partial charge in [0, 0.05) is 17.3 Å². The van der Waals surface area contributed by atoms with Crippen molar-refractivity contribution in [2.24, 2.45) is 0 Å². The van der Waals surface area contributed by atoms with E-state index in [9.17, 15) is 0 Å². The topological polar surface area (TPSA) is 75.6 Å². The first-order valence-corrected chi connectivity index (χ1v) is 9.64. The van der Waals surface area contributed by atoms with Crippen LogP contribution >= 0.6 is 11.3 Å². The van der Waals surface area contributed by atoms with Gasteiger partial charge in [-0.25, -0.2) is 9.97 Å². The van der Waals surface area contributed by atoms with Crippen molar-refractivity contribution in [2.75, 3.05) is 10.6 Å². The molecule has 0 bridgehead atoms. The molecule has 2 aromatic carbocycles. The number of aryl methyl sites for hydroxylation is 1. The Balaban J connectivity index is 1.38. The second-order valence-electron chi connectivity index (χ2n) is 6.35. The van der Waals surface area contributed by atoms with Crippen molar-refractivity contribution in [1.82, 2.24) is 19.9 Å². The minimum Gasteiger partial charge on any atom is -0.339 e. The zero-order valence-electron chi connectivity index (χ0n) is 15.0. The highest BCUT2D eigenvalue weighted by molar-refractivity contribution is 7.18. The molecule has 6 nitrogen and oxygen atoms in total. The molecule has 0 spiro atoms.